The van der Waals surface area contributed by atoms with E-state index in [0.29, 0.717) is 0 Å². The maximum Gasteiger partial charge on any atom is 0.461 e. The van der Waals surface area contributed by atoms with Crippen molar-refractivity contribution in [3.63, 3.8) is 0 Å². The Bertz CT molecular complexity index is 382. The maximum absolute atomic E-state index is 12.9. The first-order chi connectivity index (χ1) is 9.69. The Morgan fingerprint density at radius 1 is 0.522 bits per heavy atom. The quantitative estimate of drug-likeness (QED) is 0.497. The van der Waals surface area contributed by atoms with Crippen molar-refractivity contribution in [3.05, 3.63) is 0 Å². The van der Waals surface area contributed by atoms with Gasteiger partial charge in [0.25, 0.3) is 12.6 Å². The standard InChI is InChI=1S/C7H2F15N/c8-1(3(10,11)12)23(2(9)4(13,14)15)7(21,22)5(16,17)6(18,19)20/h1-2H. The van der Waals surface area contributed by atoms with Crippen molar-refractivity contribution in [2.45, 2.75) is 43.1 Å². The Kier molecular flexibility index (Phi) is 5.49. The largest absolute Gasteiger partial charge is 0.461 e. The molecule has 2 unspecified atom stereocenters. The summed E-state index contributed by atoms with van der Waals surface area (Å²) in [6, 6.07) is -7.56. The summed E-state index contributed by atoms with van der Waals surface area (Å²) in [5.41, 5.74) is 0. The van der Waals surface area contributed by atoms with Gasteiger partial charge in [-0.1, -0.05) is 0 Å². The van der Waals surface area contributed by atoms with Gasteiger partial charge in [-0.15, -0.1) is 0 Å². The van der Waals surface area contributed by atoms with Crippen LogP contribution in [0.25, 0.3) is 0 Å². The van der Waals surface area contributed by atoms with Crippen LogP contribution in [0.2, 0.25) is 0 Å². The van der Waals surface area contributed by atoms with Crippen molar-refractivity contribution in [2.24, 2.45) is 0 Å². The lowest BCUT2D eigenvalue weighted by Crippen LogP contribution is -2.68. The highest BCUT2D eigenvalue weighted by molar-refractivity contribution is 4.95. The van der Waals surface area contributed by atoms with Gasteiger partial charge < -0.3 is 0 Å². The zero-order chi connectivity index (χ0) is 19.2. The molecule has 2 atom stereocenters. The normalized spacial score (nSPS) is 18.3. The van der Waals surface area contributed by atoms with Gasteiger partial charge in [0.2, 0.25) is 0 Å². The van der Waals surface area contributed by atoms with Crippen LogP contribution in [0.4, 0.5) is 65.9 Å². The van der Waals surface area contributed by atoms with Crippen molar-refractivity contribution in [1.82, 2.24) is 4.90 Å². The van der Waals surface area contributed by atoms with Crippen molar-refractivity contribution >= 4 is 0 Å². The number of hydrogen-bond donors (Lipinski definition) is 0. The number of nitrogens with zero attached hydrogens (tertiary/aromatic N) is 1. The molecule has 0 rings (SSSR count). The third-order valence-corrected chi connectivity index (χ3v) is 2.09. The van der Waals surface area contributed by atoms with E-state index < -0.39 is 48.0 Å². The lowest BCUT2D eigenvalue weighted by atomic mass is 10.2. The first-order valence-corrected chi connectivity index (χ1v) is 4.71. The summed E-state index contributed by atoms with van der Waals surface area (Å²) < 4.78 is 182. The Labute approximate surface area is 115 Å². The average Bonchev–Trinajstić information content (AvgIpc) is 2.24. The van der Waals surface area contributed by atoms with E-state index in [1.165, 1.54) is 0 Å². The van der Waals surface area contributed by atoms with E-state index in [-0.39, 0.29) is 0 Å². The van der Waals surface area contributed by atoms with Crippen molar-refractivity contribution in [1.29, 1.82) is 0 Å². The molecule has 0 aromatic rings. The second kappa shape index (κ2) is 5.77. The predicted octanol–water partition coefficient (Wildman–Crippen LogP) is 4.79. The minimum absolute atomic E-state index is 3.57. The van der Waals surface area contributed by atoms with Crippen LogP contribution in [-0.4, -0.2) is 48.0 Å². The molecule has 0 aliphatic heterocycles. The van der Waals surface area contributed by atoms with E-state index in [1.54, 1.807) is 0 Å². The summed E-state index contributed by atoms with van der Waals surface area (Å²) in [7, 11) is 0. The van der Waals surface area contributed by atoms with Crippen LogP contribution in [-0.2, 0) is 0 Å². The van der Waals surface area contributed by atoms with Gasteiger partial charge in [-0.05, 0) is 0 Å². The molecular formula is C7H2F15N. The van der Waals surface area contributed by atoms with E-state index in [4.69, 9.17) is 0 Å². The van der Waals surface area contributed by atoms with E-state index in [9.17, 15) is 65.9 Å². The highest BCUT2D eigenvalue weighted by atomic mass is 19.4. The summed E-state index contributed by atoms with van der Waals surface area (Å²) in [5.74, 6) is -7.63. The van der Waals surface area contributed by atoms with Crippen LogP contribution < -0.4 is 0 Å². The molecule has 0 aliphatic carbocycles. The van der Waals surface area contributed by atoms with E-state index >= 15 is 0 Å². The first-order valence-electron chi connectivity index (χ1n) is 4.71. The van der Waals surface area contributed by atoms with Gasteiger partial charge in [0.15, 0.2) is 0 Å². The third kappa shape index (κ3) is 4.06. The molecule has 0 saturated carbocycles. The first kappa shape index (κ1) is 21.9. The van der Waals surface area contributed by atoms with Crippen LogP contribution in [0.5, 0.6) is 0 Å². The van der Waals surface area contributed by atoms with Gasteiger partial charge in [-0.3, -0.25) is 0 Å². The zero-order valence-electron chi connectivity index (χ0n) is 9.77. The van der Waals surface area contributed by atoms with E-state index in [1.807, 2.05) is 0 Å². The Balaban J connectivity index is 6.26. The van der Waals surface area contributed by atoms with Crippen LogP contribution in [0.1, 0.15) is 0 Å². The van der Waals surface area contributed by atoms with Crippen LogP contribution in [0.15, 0.2) is 0 Å². The Hall–Kier alpha value is -1.09. The molecule has 0 N–H and O–H groups in total. The summed E-state index contributed by atoms with van der Waals surface area (Å²) in [6.45, 7) is 0. The molecule has 1 nitrogen and oxygen atoms in total. The fraction of sp³-hybridized carbons (Fsp3) is 1.00. The molecule has 23 heavy (non-hydrogen) atoms. The van der Waals surface area contributed by atoms with Crippen molar-refractivity contribution in [3.8, 4) is 0 Å². The van der Waals surface area contributed by atoms with Crippen LogP contribution >= 0.6 is 0 Å². The second-order valence-corrected chi connectivity index (χ2v) is 3.78. The highest BCUT2D eigenvalue weighted by Gasteiger charge is 2.79. The smallest absolute Gasteiger partial charge is 0.220 e. The van der Waals surface area contributed by atoms with E-state index in [0.717, 1.165) is 0 Å². The SMILES string of the molecule is FC(N(C(F)C(F)(F)F)C(F)(F)C(F)(F)C(F)(F)F)C(F)(F)F. The summed E-state index contributed by atoms with van der Waals surface area (Å²) in [5, 5.41) is 0. The summed E-state index contributed by atoms with van der Waals surface area (Å²) in [4.78, 5) is -3.57. The molecule has 0 aromatic heterocycles. The molecule has 0 aromatic carbocycles. The molecule has 16 heteroatoms. The minimum atomic E-state index is -7.63. The topological polar surface area (TPSA) is 3.24 Å². The fourth-order valence-electron chi connectivity index (χ4n) is 1.05. The van der Waals surface area contributed by atoms with E-state index in [2.05, 4.69) is 0 Å². The number of alkyl halides is 15. The number of rotatable bonds is 4. The summed E-state index contributed by atoms with van der Waals surface area (Å²) in [6.07, 6.45) is -32.7. The van der Waals surface area contributed by atoms with Gasteiger partial charge in [-0.2, -0.15) is 62.0 Å². The Morgan fingerprint density at radius 2 is 0.783 bits per heavy atom. The maximum atomic E-state index is 12.9. The molecule has 0 amide bonds. The molecular weight excluding hydrogens is 383 g/mol. The van der Waals surface area contributed by atoms with Gasteiger partial charge >= 0.3 is 30.5 Å². The van der Waals surface area contributed by atoms with Gasteiger partial charge in [0, 0.05) is 0 Å². The fourth-order valence-corrected chi connectivity index (χ4v) is 1.05. The lowest BCUT2D eigenvalue weighted by Gasteiger charge is -2.40. The number of halogens is 15. The Morgan fingerprint density at radius 3 is 0.957 bits per heavy atom. The molecule has 0 aliphatic rings. The number of hydrogen-bond acceptors (Lipinski definition) is 1. The monoisotopic (exact) mass is 385 g/mol. The van der Waals surface area contributed by atoms with Crippen molar-refractivity contribution < 1.29 is 65.9 Å². The third-order valence-electron chi connectivity index (χ3n) is 2.09. The molecule has 140 valence electrons. The molecule has 0 saturated heterocycles. The second-order valence-electron chi connectivity index (χ2n) is 3.78. The van der Waals surface area contributed by atoms with Crippen LogP contribution in [0.3, 0.4) is 0 Å². The molecule has 0 fully saturated rings. The molecule has 0 heterocycles. The van der Waals surface area contributed by atoms with Crippen LogP contribution in [0, 0.1) is 0 Å². The zero-order valence-corrected chi connectivity index (χ0v) is 9.77. The van der Waals surface area contributed by atoms with Gasteiger partial charge in [0.1, 0.15) is 0 Å². The predicted molar refractivity (Wildman–Crippen MR) is 39.7 cm³/mol. The van der Waals surface area contributed by atoms with Crippen molar-refractivity contribution in [2.75, 3.05) is 0 Å². The van der Waals surface area contributed by atoms with Gasteiger partial charge in [0.05, 0.1) is 0 Å². The van der Waals surface area contributed by atoms with Gasteiger partial charge in [-0.25, -0.2) is 8.78 Å². The summed E-state index contributed by atoms with van der Waals surface area (Å²) >= 11 is 0. The molecule has 0 spiro atoms. The minimum Gasteiger partial charge on any atom is -0.220 e. The lowest BCUT2D eigenvalue weighted by molar-refractivity contribution is -0.433. The molecule has 0 radical (unpaired) electrons. The molecule has 0 bridgehead atoms. The highest BCUT2D eigenvalue weighted by Crippen LogP contribution is 2.52. The average molecular weight is 385 g/mol.